The Morgan fingerprint density at radius 1 is 1.35 bits per heavy atom. The molecule has 0 spiro atoms. The quantitative estimate of drug-likeness (QED) is 0.849. The molecule has 0 radical (unpaired) electrons. The molecule has 2 rings (SSSR count). The number of rotatable bonds is 5. The van der Waals surface area contributed by atoms with Gasteiger partial charge in [0.2, 0.25) is 11.7 Å². The second kappa shape index (κ2) is 5.45. The van der Waals surface area contributed by atoms with Crippen molar-refractivity contribution in [2.45, 2.75) is 13.3 Å². The van der Waals surface area contributed by atoms with E-state index < -0.39 is 0 Å². The molecule has 5 nitrogen and oxygen atoms in total. The summed E-state index contributed by atoms with van der Waals surface area (Å²) in [5, 5.41) is 3.93. The number of nitrogens with two attached hydrogens (primary N) is 1. The molecule has 2 N–H and O–H groups in total. The molecule has 2 aromatic rings. The summed E-state index contributed by atoms with van der Waals surface area (Å²) in [6.07, 6.45) is 0.587. The van der Waals surface area contributed by atoms with Crippen LogP contribution in [0, 0.1) is 0 Å². The monoisotopic (exact) mass is 233 g/mol. The Hall–Kier alpha value is -1.88. The van der Waals surface area contributed by atoms with Gasteiger partial charge >= 0.3 is 0 Å². The number of hydrogen-bond acceptors (Lipinski definition) is 5. The Morgan fingerprint density at radius 3 is 2.94 bits per heavy atom. The van der Waals surface area contributed by atoms with Gasteiger partial charge in [0.05, 0.1) is 12.2 Å². The summed E-state index contributed by atoms with van der Waals surface area (Å²) in [6.45, 7) is 3.03. The van der Waals surface area contributed by atoms with Gasteiger partial charge in [0.1, 0.15) is 5.75 Å². The highest BCUT2D eigenvalue weighted by Crippen LogP contribution is 2.27. The van der Waals surface area contributed by atoms with E-state index in [0.717, 1.165) is 11.3 Å². The first kappa shape index (κ1) is 11.6. The Labute approximate surface area is 99.6 Å². The summed E-state index contributed by atoms with van der Waals surface area (Å²) >= 11 is 0. The van der Waals surface area contributed by atoms with Crippen molar-refractivity contribution in [2.75, 3.05) is 13.2 Å². The molecule has 1 aromatic carbocycles. The van der Waals surface area contributed by atoms with Gasteiger partial charge in [0.25, 0.3) is 0 Å². The molecule has 0 unspecified atom stereocenters. The first-order valence-corrected chi connectivity index (χ1v) is 5.60. The lowest BCUT2D eigenvalue weighted by atomic mass is 10.2. The van der Waals surface area contributed by atoms with Crippen LogP contribution < -0.4 is 10.5 Å². The van der Waals surface area contributed by atoms with Gasteiger partial charge in [0.15, 0.2) is 0 Å². The van der Waals surface area contributed by atoms with Gasteiger partial charge in [-0.2, -0.15) is 4.98 Å². The summed E-state index contributed by atoms with van der Waals surface area (Å²) < 4.78 is 10.6. The molecular weight excluding hydrogens is 218 g/mol. The zero-order valence-electron chi connectivity index (χ0n) is 9.72. The van der Waals surface area contributed by atoms with Crippen LogP contribution in [0.1, 0.15) is 12.8 Å². The Kier molecular flexibility index (Phi) is 3.72. The van der Waals surface area contributed by atoms with Crippen LogP contribution in [0.5, 0.6) is 5.75 Å². The maximum absolute atomic E-state index is 5.51. The van der Waals surface area contributed by atoms with Crippen molar-refractivity contribution in [3.63, 3.8) is 0 Å². The maximum atomic E-state index is 5.51. The van der Waals surface area contributed by atoms with E-state index in [4.69, 9.17) is 15.0 Å². The summed E-state index contributed by atoms with van der Waals surface area (Å²) in [4.78, 5) is 4.28. The molecule has 0 atom stereocenters. The van der Waals surface area contributed by atoms with E-state index in [1.165, 1.54) is 0 Å². The van der Waals surface area contributed by atoms with Crippen molar-refractivity contribution in [3.05, 3.63) is 30.2 Å². The molecule has 17 heavy (non-hydrogen) atoms. The van der Waals surface area contributed by atoms with E-state index in [1.54, 1.807) is 0 Å². The minimum Gasteiger partial charge on any atom is -0.493 e. The van der Waals surface area contributed by atoms with Gasteiger partial charge in [-0.3, -0.25) is 0 Å². The number of ether oxygens (including phenoxy) is 1. The zero-order valence-corrected chi connectivity index (χ0v) is 9.72. The van der Waals surface area contributed by atoms with Gasteiger partial charge in [0, 0.05) is 13.0 Å². The highest BCUT2D eigenvalue weighted by molar-refractivity contribution is 5.63. The second-order valence-corrected chi connectivity index (χ2v) is 3.48. The van der Waals surface area contributed by atoms with Crippen molar-refractivity contribution < 1.29 is 9.26 Å². The molecule has 0 saturated carbocycles. The molecule has 0 aliphatic carbocycles. The molecule has 1 aromatic heterocycles. The molecule has 90 valence electrons. The topological polar surface area (TPSA) is 74.2 Å². The third-order valence-corrected chi connectivity index (χ3v) is 2.25. The fourth-order valence-corrected chi connectivity index (χ4v) is 1.52. The van der Waals surface area contributed by atoms with E-state index in [2.05, 4.69) is 10.1 Å². The van der Waals surface area contributed by atoms with Crippen molar-refractivity contribution in [2.24, 2.45) is 5.73 Å². The van der Waals surface area contributed by atoms with Gasteiger partial charge < -0.3 is 15.0 Å². The smallest absolute Gasteiger partial charge is 0.228 e. The van der Waals surface area contributed by atoms with Crippen molar-refractivity contribution in [1.29, 1.82) is 0 Å². The number of aromatic nitrogens is 2. The minimum atomic E-state index is 0.495. The van der Waals surface area contributed by atoms with Crippen LogP contribution >= 0.6 is 0 Å². The van der Waals surface area contributed by atoms with Crippen LogP contribution in [-0.2, 0) is 6.42 Å². The minimum absolute atomic E-state index is 0.495. The lowest BCUT2D eigenvalue weighted by Gasteiger charge is -2.05. The largest absolute Gasteiger partial charge is 0.493 e. The van der Waals surface area contributed by atoms with E-state index in [9.17, 15) is 0 Å². The van der Waals surface area contributed by atoms with Crippen LogP contribution in [0.4, 0.5) is 0 Å². The predicted molar refractivity (Wildman–Crippen MR) is 63.7 cm³/mol. The first-order chi connectivity index (χ1) is 8.35. The summed E-state index contributed by atoms with van der Waals surface area (Å²) in [6, 6.07) is 7.62. The van der Waals surface area contributed by atoms with Crippen LogP contribution in [0.3, 0.4) is 0 Å². The molecular formula is C12H15N3O2. The number of benzene rings is 1. The van der Waals surface area contributed by atoms with E-state index in [-0.39, 0.29) is 0 Å². The summed E-state index contributed by atoms with van der Waals surface area (Å²) in [5.74, 6) is 1.85. The van der Waals surface area contributed by atoms with Crippen molar-refractivity contribution in [3.8, 4) is 17.1 Å². The molecule has 0 amide bonds. The number of nitrogens with zero attached hydrogens (tertiary/aromatic N) is 2. The standard InChI is InChI=1S/C12H15N3O2/c1-2-16-10-6-4-3-5-9(10)12-14-11(7-8-13)17-15-12/h3-6H,2,7-8,13H2,1H3. The second-order valence-electron chi connectivity index (χ2n) is 3.48. The number of para-hydroxylation sites is 1. The molecule has 0 fully saturated rings. The number of hydrogen-bond donors (Lipinski definition) is 1. The molecule has 0 saturated heterocycles. The average Bonchev–Trinajstić information content (AvgIpc) is 2.79. The van der Waals surface area contributed by atoms with Crippen molar-refractivity contribution in [1.82, 2.24) is 10.1 Å². The molecule has 1 heterocycles. The highest BCUT2D eigenvalue weighted by atomic mass is 16.5. The zero-order chi connectivity index (χ0) is 12.1. The van der Waals surface area contributed by atoms with E-state index >= 15 is 0 Å². The van der Waals surface area contributed by atoms with Crippen LogP contribution in [-0.4, -0.2) is 23.3 Å². The van der Waals surface area contributed by atoms with E-state index in [1.807, 2.05) is 31.2 Å². The lowest BCUT2D eigenvalue weighted by molar-refractivity contribution is 0.341. The SMILES string of the molecule is CCOc1ccccc1-c1noc(CCN)n1. The summed E-state index contributed by atoms with van der Waals surface area (Å²) in [7, 11) is 0. The average molecular weight is 233 g/mol. The summed E-state index contributed by atoms with van der Waals surface area (Å²) in [5.41, 5.74) is 6.27. The van der Waals surface area contributed by atoms with Crippen LogP contribution in [0.2, 0.25) is 0 Å². The van der Waals surface area contributed by atoms with Gasteiger partial charge in [-0.05, 0) is 19.1 Å². The van der Waals surface area contributed by atoms with Gasteiger partial charge in [-0.25, -0.2) is 0 Å². The third-order valence-electron chi connectivity index (χ3n) is 2.25. The normalized spacial score (nSPS) is 10.5. The highest BCUT2D eigenvalue weighted by Gasteiger charge is 2.12. The predicted octanol–water partition coefficient (Wildman–Crippen LogP) is 1.64. The molecule has 0 aliphatic rings. The lowest BCUT2D eigenvalue weighted by Crippen LogP contribution is -2.02. The first-order valence-electron chi connectivity index (χ1n) is 5.60. The van der Waals surface area contributed by atoms with Crippen LogP contribution in [0.25, 0.3) is 11.4 Å². The molecule has 5 heteroatoms. The molecule has 0 bridgehead atoms. The van der Waals surface area contributed by atoms with Gasteiger partial charge in [-0.15, -0.1) is 0 Å². The fourth-order valence-electron chi connectivity index (χ4n) is 1.52. The molecule has 0 aliphatic heterocycles. The fraction of sp³-hybridized carbons (Fsp3) is 0.333. The third kappa shape index (κ3) is 2.62. The van der Waals surface area contributed by atoms with E-state index in [0.29, 0.717) is 31.3 Å². The Balaban J connectivity index is 2.31. The van der Waals surface area contributed by atoms with Gasteiger partial charge in [-0.1, -0.05) is 17.3 Å². The maximum Gasteiger partial charge on any atom is 0.228 e. The van der Waals surface area contributed by atoms with Crippen LogP contribution in [0.15, 0.2) is 28.8 Å². The Bertz CT molecular complexity index is 482. The Morgan fingerprint density at radius 2 is 2.18 bits per heavy atom. The van der Waals surface area contributed by atoms with Crippen molar-refractivity contribution >= 4 is 0 Å².